The normalized spacial score (nSPS) is 21.5. The van der Waals surface area contributed by atoms with Crippen molar-refractivity contribution in [1.82, 2.24) is 25.2 Å². The van der Waals surface area contributed by atoms with E-state index in [2.05, 4.69) is 20.5 Å². The maximum Gasteiger partial charge on any atom is 0.273 e. The molecule has 1 aliphatic carbocycles. The molecule has 1 aromatic heterocycles. The fraction of sp³-hybridized carbons (Fsp3) is 0.438. The number of nitrogens with one attached hydrogen (secondary N) is 1. The number of aromatic nitrogens is 3. The van der Waals surface area contributed by atoms with E-state index in [0.29, 0.717) is 5.69 Å². The molecule has 1 N–H and O–H groups in total. The summed E-state index contributed by atoms with van der Waals surface area (Å²) in [6.07, 6.45) is 5.11. The number of carbonyl (C=O) groups is 1. The van der Waals surface area contributed by atoms with Crippen LogP contribution < -0.4 is 5.32 Å². The monoisotopic (exact) mass is 315 g/mol. The third-order valence-electron chi connectivity index (χ3n) is 4.44. The Bertz CT molecular complexity index is 710. The molecule has 2 aliphatic rings. The van der Waals surface area contributed by atoms with Gasteiger partial charge in [-0.25, -0.2) is 9.07 Å². The number of nitrogens with zero attached hydrogens (tertiary/aromatic N) is 4. The number of halogens is 1. The molecule has 1 atom stereocenters. The van der Waals surface area contributed by atoms with Crippen molar-refractivity contribution in [2.75, 3.05) is 13.1 Å². The van der Waals surface area contributed by atoms with Crippen molar-refractivity contribution in [3.8, 4) is 5.69 Å². The molecule has 1 saturated heterocycles. The summed E-state index contributed by atoms with van der Waals surface area (Å²) in [5.74, 6) is -0.519. The lowest BCUT2D eigenvalue weighted by atomic mass is 10.2. The summed E-state index contributed by atoms with van der Waals surface area (Å²) >= 11 is 0. The van der Waals surface area contributed by atoms with Crippen LogP contribution in [0.5, 0.6) is 0 Å². The Morgan fingerprint density at radius 2 is 2.00 bits per heavy atom. The Balaban J connectivity index is 1.40. The summed E-state index contributed by atoms with van der Waals surface area (Å²) in [4.78, 5) is 14.7. The highest BCUT2D eigenvalue weighted by Crippen LogP contribution is 2.29. The van der Waals surface area contributed by atoms with E-state index in [4.69, 9.17) is 0 Å². The van der Waals surface area contributed by atoms with E-state index in [1.165, 1.54) is 29.7 Å². The minimum absolute atomic E-state index is 0.180. The minimum atomic E-state index is -0.312. The molecule has 23 heavy (non-hydrogen) atoms. The van der Waals surface area contributed by atoms with Crippen LogP contribution in [0, 0.1) is 5.82 Å². The van der Waals surface area contributed by atoms with Gasteiger partial charge in [0, 0.05) is 25.2 Å². The Labute approximate surface area is 133 Å². The lowest BCUT2D eigenvalue weighted by Crippen LogP contribution is -2.37. The highest BCUT2D eigenvalue weighted by atomic mass is 19.1. The van der Waals surface area contributed by atoms with Gasteiger partial charge in [0.2, 0.25) is 0 Å². The number of benzene rings is 1. The van der Waals surface area contributed by atoms with Crippen LogP contribution in [0.3, 0.4) is 0 Å². The lowest BCUT2D eigenvalue weighted by molar-refractivity contribution is 0.0932. The largest absolute Gasteiger partial charge is 0.347 e. The van der Waals surface area contributed by atoms with E-state index in [9.17, 15) is 9.18 Å². The Morgan fingerprint density at radius 3 is 2.74 bits per heavy atom. The molecule has 1 aromatic carbocycles. The zero-order chi connectivity index (χ0) is 15.8. The summed E-state index contributed by atoms with van der Waals surface area (Å²) in [6.45, 7) is 1.97. The van der Waals surface area contributed by atoms with Gasteiger partial charge in [0.1, 0.15) is 5.82 Å². The van der Waals surface area contributed by atoms with Crippen molar-refractivity contribution in [2.45, 2.75) is 31.3 Å². The lowest BCUT2D eigenvalue weighted by Gasteiger charge is -2.15. The highest BCUT2D eigenvalue weighted by Gasteiger charge is 2.35. The van der Waals surface area contributed by atoms with Crippen LogP contribution in [0.25, 0.3) is 5.69 Å². The quantitative estimate of drug-likeness (QED) is 0.926. The molecule has 2 fully saturated rings. The van der Waals surface area contributed by atoms with Gasteiger partial charge in [-0.3, -0.25) is 9.69 Å². The standard InChI is InChI=1S/C16H18FN5O/c17-11-1-3-14(4-2-11)22-10-15(19-20-22)16(23)18-12-7-8-21(9-12)13-5-6-13/h1-4,10,12-13H,5-9H2,(H,18,23)/t12-/m0/s1. The van der Waals surface area contributed by atoms with Crippen molar-refractivity contribution in [3.63, 3.8) is 0 Å². The van der Waals surface area contributed by atoms with E-state index in [0.717, 1.165) is 25.6 Å². The topological polar surface area (TPSA) is 63.1 Å². The molecular formula is C16H18FN5O. The van der Waals surface area contributed by atoms with Crippen molar-refractivity contribution in [2.24, 2.45) is 0 Å². The fourth-order valence-corrected chi connectivity index (χ4v) is 3.02. The number of amides is 1. The summed E-state index contributed by atoms with van der Waals surface area (Å²) in [7, 11) is 0. The summed E-state index contributed by atoms with van der Waals surface area (Å²) in [5, 5.41) is 10.9. The molecule has 7 heteroatoms. The van der Waals surface area contributed by atoms with Crippen LogP contribution in [-0.2, 0) is 0 Å². The maximum absolute atomic E-state index is 12.9. The third kappa shape index (κ3) is 3.10. The molecule has 1 amide bonds. The molecule has 2 aromatic rings. The van der Waals surface area contributed by atoms with Crippen LogP contribution in [0.2, 0.25) is 0 Å². The minimum Gasteiger partial charge on any atom is -0.347 e. The van der Waals surface area contributed by atoms with E-state index >= 15 is 0 Å². The molecule has 120 valence electrons. The molecule has 0 unspecified atom stereocenters. The molecule has 2 heterocycles. The molecule has 4 rings (SSSR count). The summed E-state index contributed by atoms with van der Waals surface area (Å²) < 4.78 is 14.4. The van der Waals surface area contributed by atoms with Gasteiger partial charge in [0.05, 0.1) is 11.9 Å². The Hall–Kier alpha value is -2.28. The third-order valence-corrected chi connectivity index (χ3v) is 4.44. The van der Waals surface area contributed by atoms with Crippen LogP contribution in [0.1, 0.15) is 29.8 Å². The molecule has 1 aliphatic heterocycles. The first-order valence-corrected chi connectivity index (χ1v) is 7.92. The second kappa shape index (κ2) is 5.73. The van der Waals surface area contributed by atoms with Crippen LogP contribution in [-0.4, -0.2) is 51.0 Å². The van der Waals surface area contributed by atoms with E-state index in [-0.39, 0.29) is 23.5 Å². The van der Waals surface area contributed by atoms with Gasteiger partial charge in [0.15, 0.2) is 5.69 Å². The predicted molar refractivity (Wildman–Crippen MR) is 81.8 cm³/mol. The number of hydrogen-bond donors (Lipinski definition) is 1. The second-order valence-corrected chi connectivity index (χ2v) is 6.21. The molecule has 1 saturated carbocycles. The first-order valence-electron chi connectivity index (χ1n) is 7.92. The molecule has 6 nitrogen and oxygen atoms in total. The van der Waals surface area contributed by atoms with E-state index < -0.39 is 0 Å². The molecule has 0 bridgehead atoms. The highest BCUT2D eigenvalue weighted by molar-refractivity contribution is 5.92. The van der Waals surface area contributed by atoms with Gasteiger partial charge in [0.25, 0.3) is 5.91 Å². The first-order chi connectivity index (χ1) is 11.2. The SMILES string of the molecule is O=C(N[C@H]1CCN(C2CC2)C1)c1cn(-c2ccc(F)cc2)nn1. The van der Waals surface area contributed by atoms with Gasteiger partial charge in [-0.15, -0.1) is 5.10 Å². The van der Waals surface area contributed by atoms with Crippen LogP contribution >= 0.6 is 0 Å². The summed E-state index contributed by atoms with van der Waals surface area (Å²) in [6, 6.07) is 6.80. The van der Waals surface area contributed by atoms with Crippen molar-refractivity contribution >= 4 is 5.91 Å². The van der Waals surface area contributed by atoms with Crippen molar-refractivity contribution in [1.29, 1.82) is 0 Å². The van der Waals surface area contributed by atoms with E-state index in [1.807, 2.05) is 0 Å². The second-order valence-electron chi connectivity index (χ2n) is 6.21. The van der Waals surface area contributed by atoms with Crippen molar-refractivity contribution in [3.05, 3.63) is 42.0 Å². The molecule has 0 radical (unpaired) electrons. The summed E-state index contributed by atoms with van der Waals surface area (Å²) in [5.41, 5.74) is 0.943. The van der Waals surface area contributed by atoms with Crippen LogP contribution in [0.15, 0.2) is 30.5 Å². The first kappa shape index (κ1) is 14.3. The van der Waals surface area contributed by atoms with Gasteiger partial charge in [-0.2, -0.15) is 0 Å². The fourth-order valence-electron chi connectivity index (χ4n) is 3.02. The number of hydrogen-bond acceptors (Lipinski definition) is 4. The number of likely N-dealkylation sites (tertiary alicyclic amines) is 1. The van der Waals surface area contributed by atoms with E-state index in [1.54, 1.807) is 18.3 Å². The number of rotatable bonds is 4. The van der Waals surface area contributed by atoms with Gasteiger partial charge >= 0.3 is 0 Å². The zero-order valence-corrected chi connectivity index (χ0v) is 12.7. The van der Waals surface area contributed by atoms with Gasteiger partial charge < -0.3 is 5.32 Å². The zero-order valence-electron chi connectivity index (χ0n) is 12.7. The average molecular weight is 315 g/mol. The van der Waals surface area contributed by atoms with Gasteiger partial charge in [-0.1, -0.05) is 5.21 Å². The van der Waals surface area contributed by atoms with Crippen LogP contribution in [0.4, 0.5) is 4.39 Å². The smallest absolute Gasteiger partial charge is 0.273 e. The number of carbonyl (C=O) groups excluding carboxylic acids is 1. The Kier molecular flexibility index (Phi) is 3.57. The van der Waals surface area contributed by atoms with Crippen molar-refractivity contribution < 1.29 is 9.18 Å². The molecular weight excluding hydrogens is 297 g/mol. The van der Waals surface area contributed by atoms with Gasteiger partial charge in [-0.05, 0) is 43.5 Å². The maximum atomic E-state index is 12.9. The average Bonchev–Trinajstić information content (AvgIpc) is 3.10. The molecule has 0 spiro atoms. The Morgan fingerprint density at radius 1 is 1.22 bits per heavy atom. The predicted octanol–water partition coefficient (Wildman–Crippen LogP) is 1.37.